The van der Waals surface area contributed by atoms with E-state index in [0.717, 1.165) is 12.8 Å². The van der Waals surface area contributed by atoms with Crippen molar-refractivity contribution in [1.29, 1.82) is 0 Å². The summed E-state index contributed by atoms with van der Waals surface area (Å²) in [7, 11) is 1.30. The minimum atomic E-state index is -0.747. The van der Waals surface area contributed by atoms with Gasteiger partial charge in [0.1, 0.15) is 6.10 Å². The molecule has 0 aliphatic carbocycles. The molecule has 0 bridgehead atoms. The van der Waals surface area contributed by atoms with E-state index in [-0.39, 0.29) is 12.3 Å². The molecule has 1 aliphatic rings. The largest absolute Gasteiger partial charge is 0.469 e. The molecule has 120 valence electrons. The van der Waals surface area contributed by atoms with Gasteiger partial charge in [0.2, 0.25) is 0 Å². The van der Waals surface area contributed by atoms with Crippen molar-refractivity contribution in [3.05, 3.63) is 35.9 Å². The Morgan fingerprint density at radius 3 is 2.91 bits per heavy atom. The zero-order valence-electron chi connectivity index (χ0n) is 12.8. The Morgan fingerprint density at radius 2 is 2.18 bits per heavy atom. The van der Waals surface area contributed by atoms with Gasteiger partial charge < -0.3 is 9.47 Å². The van der Waals surface area contributed by atoms with Crippen molar-refractivity contribution >= 4 is 11.9 Å². The Bertz CT molecular complexity index is 492. The normalized spacial score (nSPS) is 18.3. The number of ether oxygens (including phenoxy) is 2. The van der Waals surface area contributed by atoms with Gasteiger partial charge in [-0.2, -0.15) is 0 Å². The molecule has 0 radical (unpaired) electrons. The average Bonchev–Trinajstić information content (AvgIpc) is 2.55. The summed E-state index contributed by atoms with van der Waals surface area (Å²) in [5, 5.41) is 1.54. The zero-order valence-corrected chi connectivity index (χ0v) is 12.8. The quantitative estimate of drug-likeness (QED) is 0.599. The number of hydrogen-bond donors (Lipinski definition) is 1. The number of hydrogen-bond acceptors (Lipinski definition) is 5. The highest BCUT2D eigenvalue weighted by molar-refractivity contribution is 5.85. The molecule has 1 aromatic carbocycles. The van der Waals surface area contributed by atoms with Crippen LogP contribution in [0.4, 0.5) is 0 Å². The second kappa shape index (κ2) is 8.51. The molecule has 6 nitrogen and oxygen atoms in total. The first-order valence-electron chi connectivity index (χ1n) is 7.48. The van der Waals surface area contributed by atoms with Crippen LogP contribution in [-0.4, -0.2) is 49.8 Å². The van der Waals surface area contributed by atoms with E-state index in [1.807, 2.05) is 18.2 Å². The first kappa shape index (κ1) is 16.5. The molecule has 1 fully saturated rings. The van der Waals surface area contributed by atoms with Crippen molar-refractivity contribution in [2.45, 2.75) is 25.4 Å². The Kier molecular flexibility index (Phi) is 6.36. The van der Waals surface area contributed by atoms with Gasteiger partial charge in [-0.15, -0.1) is 0 Å². The van der Waals surface area contributed by atoms with Crippen molar-refractivity contribution in [2.75, 3.05) is 26.8 Å². The van der Waals surface area contributed by atoms with E-state index in [4.69, 9.17) is 4.74 Å². The Balaban J connectivity index is 1.72. The van der Waals surface area contributed by atoms with Crippen molar-refractivity contribution in [2.24, 2.45) is 0 Å². The summed E-state index contributed by atoms with van der Waals surface area (Å²) in [4.78, 5) is 23.4. The summed E-state index contributed by atoms with van der Waals surface area (Å²) in [6, 6.07) is 10.2. The van der Waals surface area contributed by atoms with Crippen molar-refractivity contribution < 1.29 is 19.1 Å². The predicted molar refractivity (Wildman–Crippen MR) is 80.9 cm³/mol. The van der Waals surface area contributed by atoms with Crippen LogP contribution in [0, 0.1) is 0 Å². The van der Waals surface area contributed by atoms with E-state index >= 15 is 0 Å². The highest BCUT2D eigenvalue weighted by atomic mass is 16.5. The summed E-state index contributed by atoms with van der Waals surface area (Å²) in [6.45, 7) is 1.60. The van der Waals surface area contributed by atoms with E-state index in [1.165, 1.54) is 12.7 Å². The minimum absolute atomic E-state index is 0.0441. The van der Waals surface area contributed by atoms with Crippen LogP contribution in [0.3, 0.4) is 0 Å². The summed E-state index contributed by atoms with van der Waals surface area (Å²) in [5.41, 5.74) is 4.39. The van der Waals surface area contributed by atoms with E-state index in [2.05, 4.69) is 22.3 Å². The second-order valence-electron chi connectivity index (χ2n) is 5.13. The lowest BCUT2D eigenvalue weighted by atomic mass is 10.1. The average molecular weight is 306 g/mol. The maximum absolute atomic E-state index is 12.2. The van der Waals surface area contributed by atoms with Gasteiger partial charge in [-0.1, -0.05) is 30.3 Å². The Hall–Kier alpha value is -1.92. The van der Waals surface area contributed by atoms with Crippen molar-refractivity contribution in [1.82, 2.24) is 10.4 Å². The molecule has 0 spiro atoms. The summed E-state index contributed by atoms with van der Waals surface area (Å²) >= 11 is 0. The van der Waals surface area contributed by atoms with Crippen LogP contribution in [0.1, 0.15) is 18.4 Å². The standard InChI is InChI=1S/C16H22N2O4/c1-21-15(19)12-14-16(20)18(10-11-22-14)17-9-5-8-13-6-3-2-4-7-13/h2-4,6-7,14,17H,5,8-12H2,1H3/t14-/m1/s1. The van der Waals surface area contributed by atoms with Crippen LogP contribution in [0.25, 0.3) is 0 Å². The zero-order chi connectivity index (χ0) is 15.8. The SMILES string of the molecule is COC(=O)C[C@H]1OCCN(NCCCc2ccccc2)C1=O. The van der Waals surface area contributed by atoms with E-state index in [1.54, 1.807) is 5.01 Å². The highest BCUT2D eigenvalue weighted by Crippen LogP contribution is 2.10. The molecule has 1 amide bonds. The van der Waals surface area contributed by atoms with Crippen molar-refractivity contribution in [3.63, 3.8) is 0 Å². The molecular weight excluding hydrogens is 284 g/mol. The molecule has 22 heavy (non-hydrogen) atoms. The number of benzene rings is 1. The van der Waals surface area contributed by atoms with Gasteiger partial charge in [0.25, 0.3) is 5.91 Å². The fraction of sp³-hybridized carbons (Fsp3) is 0.500. The first-order valence-corrected chi connectivity index (χ1v) is 7.48. The molecule has 1 saturated heterocycles. The molecule has 0 saturated carbocycles. The number of rotatable bonds is 7. The number of amides is 1. The number of hydrazine groups is 1. The maximum Gasteiger partial charge on any atom is 0.308 e. The number of nitrogens with one attached hydrogen (secondary N) is 1. The van der Waals surface area contributed by atoms with Crippen LogP contribution < -0.4 is 5.43 Å². The minimum Gasteiger partial charge on any atom is -0.469 e. The molecule has 1 N–H and O–H groups in total. The third-order valence-corrected chi connectivity index (χ3v) is 3.54. The molecule has 1 aliphatic heterocycles. The number of methoxy groups -OCH3 is 1. The number of carbonyl (C=O) groups excluding carboxylic acids is 2. The Morgan fingerprint density at radius 1 is 1.41 bits per heavy atom. The Labute approximate surface area is 130 Å². The second-order valence-corrected chi connectivity index (χ2v) is 5.13. The van der Waals surface area contributed by atoms with Crippen LogP contribution >= 0.6 is 0 Å². The van der Waals surface area contributed by atoms with Gasteiger partial charge in [-0.05, 0) is 18.4 Å². The molecule has 2 rings (SSSR count). The molecule has 0 aromatic heterocycles. The summed E-state index contributed by atoms with van der Waals surface area (Å²) in [6.07, 6.45) is 1.09. The molecular formula is C16H22N2O4. The van der Waals surface area contributed by atoms with Gasteiger partial charge in [-0.3, -0.25) is 14.6 Å². The van der Waals surface area contributed by atoms with E-state index in [0.29, 0.717) is 19.7 Å². The van der Waals surface area contributed by atoms with Crippen LogP contribution in [-0.2, 0) is 25.5 Å². The van der Waals surface area contributed by atoms with Crippen LogP contribution in [0.2, 0.25) is 0 Å². The fourth-order valence-corrected chi connectivity index (χ4v) is 2.33. The van der Waals surface area contributed by atoms with Gasteiger partial charge in [0.05, 0.1) is 26.7 Å². The third-order valence-electron chi connectivity index (χ3n) is 3.54. The van der Waals surface area contributed by atoms with Gasteiger partial charge >= 0.3 is 5.97 Å². The van der Waals surface area contributed by atoms with Crippen LogP contribution in [0.5, 0.6) is 0 Å². The smallest absolute Gasteiger partial charge is 0.308 e. The third kappa shape index (κ3) is 4.82. The summed E-state index contributed by atoms with van der Waals surface area (Å²) in [5.74, 6) is -0.652. The highest BCUT2D eigenvalue weighted by Gasteiger charge is 2.31. The monoisotopic (exact) mass is 306 g/mol. The number of aryl methyl sites for hydroxylation is 1. The topological polar surface area (TPSA) is 67.9 Å². The lowest BCUT2D eigenvalue weighted by molar-refractivity contribution is -0.163. The number of morpholine rings is 1. The van der Waals surface area contributed by atoms with Crippen LogP contribution in [0.15, 0.2) is 30.3 Å². The van der Waals surface area contributed by atoms with Gasteiger partial charge in [-0.25, -0.2) is 5.43 Å². The predicted octanol–water partition coefficient (Wildman–Crippen LogP) is 0.914. The molecule has 1 aromatic rings. The first-order chi connectivity index (χ1) is 10.7. The number of carbonyl (C=O) groups is 2. The van der Waals surface area contributed by atoms with E-state index in [9.17, 15) is 9.59 Å². The number of nitrogens with zero attached hydrogens (tertiary/aromatic N) is 1. The maximum atomic E-state index is 12.2. The molecule has 1 atom stereocenters. The molecule has 0 unspecified atom stereocenters. The van der Waals surface area contributed by atoms with Gasteiger partial charge in [0.15, 0.2) is 0 Å². The van der Waals surface area contributed by atoms with Gasteiger partial charge in [0, 0.05) is 6.54 Å². The fourth-order valence-electron chi connectivity index (χ4n) is 2.33. The number of esters is 1. The lowest BCUT2D eigenvalue weighted by Gasteiger charge is -2.32. The molecule has 1 heterocycles. The van der Waals surface area contributed by atoms with Crippen molar-refractivity contribution in [3.8, 4) is 0 Å². The molecule has 6 heteroatoms. The summed E-state index contributed by atoms with van der Waals surface area (Å²) < 4.78 is 9.91. The lowest BCUT2D eigenvalue weighted by Crippen LogP contribution is -2.54. The van der Waals surface area contributed by atoms with E-state index < -0.39 is 12.1 Å².